The normalized spacial score (nSPS) is 12.2. The smallest absolute Gasteiger partial charge is 0.341 e. The number of phenolic OH excluding ortho intramolecular Hbond substituents is 1. The molecule has 0 aliphatic rings. The van der Waals surface area contributed by atoms with E-state index < -0.39 is 12.6 Å². The molecule has 1 heterocycles. The van der Waals surface area contributed by atoms with E-state index in [-0.39, 0.29) is 22.0 Å². The number of phenols is 1. The number of aromatic hydroxyl groups is 1. The lowest BCUT2D eigenvalue weighted by Gasteiger charge is -2.28. The number of carbonyl (C=O) groups is 1. The molecular formula is C25H28O6. The predicted molar refractivity (Wildman–Crippen MR) is 120 cm³/mol. The number of benzene rings is 2. The first-order valence-corrected chi connectivity index (χ1v) is 10.1. The molecule has 0 atom stereocenters. The molecule has 0 unspecified atom stereocenters. The van der Waals surface area contributed by atoms with Crippen LogP contribution in [0.5, 0.6) is 11.5 Å². The summed E-state index contributed by atoms with van der Waals surface area (Å²) in [5, 5.41) is 20.1. The summed E-state index contributed by atoms with van der Waals surface area (Å²) in [7, 11) is 0. The topological polar surface area (TPSA) is 97.0 Å². The maximum atomic E-state index is 12.7. The van der Waals surface area contributed by atoms with Crippen LogP contribution < -0.4 is 10.2 Å². The summed E-state index contributed by atoms with van der Waals surface area (Å²) >= 11 is 0. The fourth-order valence-corrected chi connectivity index (χ4v) is 3.43. The predicted octanol–water partition coefficient (Wildman–Crippen LogP) is 5.22. The first-order valence-electron chi connectivity index (χ1n) is 10.1. The molecule has 1 aromatic heterocycles. The Morgan fingerprint density at radius 1 is 0.968 bits per heavy atom. The average Bonchev–Trinajstić information content (AvgIpc) is 2.64. The Morgan fingerprint density at radius 3 is 2.06 bits per heavy atom. The molecule has 0 saturated heterocycles. The van der Waals surface area contributed by atoms with Crippen LogP contribution in [-0.4, -0.2) is 22.8 Å². The van der Waals surface area contributed by atoms with Crippen LogP contribution in [0.3, 0.4) is 0 Å². The Bertz CT molecular complexity index is 1170. The molecule has 0 spiro atoms. The second-order valence-corrected chi connectivity index (χ2v) is 9.74. The van der Waals surface area contributed by atoms with Gasteiger partial charge in [-0.2, -0.15) is 0 Å². The molecule has 0 bridgehead atoms. The van der Waals surface area contributed by atoms with Crippen molar-refractivity contribution in [2.24, 2.45) is 0 Å². The first kappa shape index (κ1) is 22.4. The van der Waals surface area contributed by atoms with Crippen molar-refractivity contribution in [1.29, 1.82) is 0 Å². The van der Waals surface area contributed by atoms with E-state index in [4.69, 9.17) is 14.3 Å². The number of carboxylic acid groups (broad SMARTS) is 1. The molecule has 3 aromatic rings. The lowest BCUT2D eigenvalue weighted by atomic mass is 9.78. The molecule has 3 rings (SSSR count). The quantitative estimate of drug-likeness (QED) is 0.596. The summed E-state index contributed by atoms with van der Waals surface area (Å²) in [6.07, 6.45) is 0. The van der Waals surface area contributed by atoms with Gasteiger partial charge in [0.1, 0.15) is 22.8 Å². The summed E-state index contributed by atoms with van der Waals surface area (Å²) in [6.45, 7) is 11.6. The summed E-state index contributed by atoms with van der Waals surface area (Å²) in [6, 6.07) is 9.74. The molecule has 2 N–H and O–H groups in total. The Labute approximate surface area is 181 Å². The van der Waals surface area contributed by atoms with Crippen LogP contribution in [0.15, 0.2) is 45.6 Å². The van der Waals surface area contributed by atoms with Crippen molar-refractivity contribution in [2.45, 2.75) is 52.4 Å². The van der Waals surface area contributed by atoms with E-state index in [0.29, 0.717) is 28.0 Å². The Kier molecular flexibility index (Phi) is 5.61. The Morgan fingerprint density at radius 2 is 1.55 bits per heavy atom. The fraction of sp³-hybridized carbons (Fsp3) is 0.360. The van der Waals surface area contributed by atoms with Gasteiger partial charge < -0.3 is 19.4 Å². The molecule has 0 amide bonds. The highest BCUT2D eigenvalue weighted by atomic mass is 16.5. The number of rotatable bonds is 4. The van der Waals surface area contributed by atoms with Crippen molar-refractivity contribution >= 4 is 16.9 Å². The first-order chi connectivity index (χ1) is 14.3. The van der Waals surface area contributed by atoms with E-state index in [1.807, 2.05) is 53.7 Å². The highest BCUT2D eigenvalue weighted by molar-refractivity contribution is 5.80. The van der Waals surface area contributed by atoms with Gasteiger partial charge in [0.15, 0.2) is 12.0 Å². The minimum absolute atomic E-state index is 0.219. The van der Waals surface area contributed by atoms with Gasteiger partial charge >= 0.3 is 5.97 Å². The summed E-state index contributed by atoms with van der Waals surface area (Å²) in [5.41, 5.74) is 1.64. The van der Waals surface area contributed by atoms with E-state index in [1.165, 1.54) is 18.2 Å². The van der Waals surface area contributed by atoms with Crippen molar-refractivity contribution in [3.63, 3.8) is 0 Å². The van der Waals surface area contributed by atoms with Gasteiger partial charge in [-0.15, -0.1) is 0 Å². The fourth-order valence-electron chi connectivity index (χ4n) is 3.43. The SMILES string of the molecule is CC(C)(C)c1cc(-c2cc(=O)c3ccc(OCC(=O)O)cc3o2)cc(C(C)(C)C)c1O. The third-order valence-electron chi connectivity index (χ3n) is 5.07. The third kappa shape index (κ3) is 4.74. The number of fused-ring (bicyclic) bond motifs is 1. The minimum atomic E-state index is -1.09. The number of ether oxygens (including phenoxy) is 1. The van der Waals surface area contributed by atoms with Crippen LogP contribution in [0.1, 0.15) is 52.7 Å². The van der Waals surface area contributed by atoms with Gasteiger partial charge in [0.25, 0.3) is 0 Å². The summed E-state index contributed by atoms with van der Waals surface area (Å²) in [4.78, 5) is 23.5. The maximum absolute atomic E-state index is 12.7. The van der Waals surface area contributed by atoms with Crippen molar-refractivity contribution in [3.05, 3.63) is 57.7 Å². The van der Waals surface area contributed by atoms with Crippen LogP contribution in [0, 0.1) is 0 Å². The monoisotopic (exact) mass is 424 g/mol. The highest BCUT2D eigenvalue weighted by Crippen LogP contribution is 2.42. The van der Waals surface area contributed by atoms with Crippen LogP contribution in [-0.2, 0) is 15.6 Å². The maximum Gasteiger partial charge on any atom is 0.341 e. The van der Waals surface area contributed by atoms with Crippen molar-refractivity contribution in [2.75, 3.05) is 6.61 Å². The van der Waals surface area contributed by atoms with Crippen LogP contribution in [0.2, 0.25) is 0 Å². The second-order valence-electron chi connectivity index (χ2n) is 9.74. The summed E-state index contributed by atoms with van der Waals surface area (Å²) < 4.78 is 11.3. The summed E-state index contributed by atoms with van der Waals surface area (Å²) in [5.74, 6) is -0.185. The molecule has 6 nitrogen and oxygen atoms in total. The second kappa shape index (κ2) is 7.76. The lowest BCUT2D eigenvalue weighted by Crippen LogP contribution is -2.17. The Hall–Kier alpha value is -3.28. The zero-order chi connectivity index (χ0) is 23.1. The largest absolute Gasteiger partial charge is 0.507 e. The van der Waals surface area contributed by atoms with Gasteiger partial charge in [0.2, 0.25) is 0 Å². The lowest BCUT2D eigenvalue weighted by molar-refractivity contribution is -0.139. The van der Waals surface area contributed by atoms with Crippen LogP contribution in [0.25, 0.3) is 22.3 Å². The van der Waals surface area contributed by atoms with Gasteiger partial charge in [0, 0.05) is 28.8 Å². The van der Waals surface area contributed by atoms with E-state index in [9.17, 15) is 14.7 Å². The van der Waals surface area contributed by atoms with Crippen LogP contribution >= 0.6 is 0 Å². The van der Waals surface area contributed by atoms with E-state index in [2.05, 4.69) is 0 Å². The number of carboxylic acids is 1. The third-order valence-corrected chi connectivity index (χ3v) is 5.07. The van der Waals surface area contributed by atoms with Gasteiger partial charge in [-0.1, -0.05) is 41.5 Å². The minimum Gasteiger partial charge on any atom is -0.507 e. The number of hydrogen-bond acceptors (Lipinski definition) is 5. The van der Waals surface area contributed by atoms with Gasteiger partial charge in [-0.3, -0.25) is 4.79 Å². The molecule has 0 aliphatic heterocycles. The molecule has 0 saturated carbocycles. The molecule has 2 aromatic carbocycles. The van der Waals surface area contributed by atoms with E-state index in [0.717, 1.165) is 11.1 Å². The standard InChI is InChI=1S/C25H28O6/c1-24(2,3)17-9-14(10-18(23(17)29)25(4,5)6)20-12-19(26)16-8-7-15(11-21(16)31-20)30-13-22(27)28/h7-12,29H,13H2,1-6H3,(H,27,28). The van der Waals surface area contributed by atoms with E-state index in [1.54, 1.807) is 6.07 Å². The number of aliphatic carboxylic acids is 1. The van der Waals surface area contributed by atoms with E-state index >= 15 is 0 Å². The molecular weight excluding hydrogens is 396 g/mol. The highest BCUT2D eigenvalue weighted by Gasteiger charge is 2.27. The zero-order valence-corrected chi connectivity index (χ0v) is 18.7. The van der Waals surface area contributed by atoms with Gasteiger partial charge in [-0.25, -0.2) is 4.79 Å². The van der Waals surface area contributed by atoms with Gasteiger partial charge in [0.05, 0.1) is 5.39 Å². The zero-order valence-electron chi connectivity index (χ0n) is 18.7. The molecule has 164 valence electrons. The van der Waals surface area contributed by atoms with Crippen LogP contribution in [0.4, 0.5) is 0 Å². The van der Waals surface area contributed by atoms with Crippen molar-refractivity contribution in [3.8, 4) is 22.8 Å². The number of hydrogen-bond donors (Lipinski definition) is 2. The molecule has 6 heteroatoms. The average molecular weight is 424 g/mol. The molecule has 0 aliphatic carbocycles. The van der Waals surface area contributed by atoms with Crippen molar-refractivity contribution in [1.82, 2.24) is 0 Å². The van der Waals surface area contributed by atoms with Gasteiger partial charge in [-0.05, 0) is 35.1 Å². The Balaban J connectivity index is 2.22. The molecule has 0 fully saturated rings. The molecule has 0 radical (unpaired) electrons. The van der Waals surface area contributed by atoms with Crippen molar-refractivity contribution < 1.29 is 24.2 Å². The molecule has 31 heavy (non-hydrogen) atoms.